The summed E-state index contributed by atoms with van der Waals surface area (Å²) in [5.41, 5.74) is 1.19. The molecule has 2 heterocycles. The Bertz CT molecular complexity index is 752. The lowest BCUT2D eigenvalue weighted by atomic mass is 10.1. The molecule has 0 saturated carbocycles. The number of piperazine rings is 1. The fourth-order valence-electron chi connectivity index (χ4n) is 3.34. The number of ether oxygens (including phenoxy) is 1. The first-order chi connectivity index (χ1) is 12.4. The Labute approximate surface area is 155 Å². The van der Waals surface area contributed by atoms with Gasteiger partial charge in [-0.3, -0.25) is 4.79 Å². The molecular formula is C18H27N3O4S. The number of amides is 1. The third-order valence-electron chi connectivity index (χ3n) is 5.07. The van der Waals surface area contributed by atoms with Crippen LogP contribution in [0.25, 0.3) is 0 Å². The lowest BCUT2D eigenvalue weighted by Crippen LogP contribution is -2.47. The van der Waals surface area contributed by atoms with Crippen molar-refractivity contribution in [2.75, 3.05) is 59.5 Å². The largest absolute Gasteiger partial charge is 0.379 e. The summed E-state index contributed by atoms with van der Waals surface area (Å²) in [5, 5.41) is 0. The van der Waals surface area contributed by atoms with Gasteiger partial charge in [0.2, 0.25) is 10.0 Å². The molecule has 0 unspecified atom stereocenters. The van der Waals surface area contributed by atoms with Gasteiger partial charge >= 0.3 is 0 Å². The van der Waals surface area contributed by atoms with Crippen molar-refractivity contribution in [3.63, 3.8) is 0 Å². The summed E-state index contributed by atoms with van der Waals surface area (Å²) in [5.74, 6) is -0.0980. The maximum absolute atomic E-state index is 13.1. The second-order valence-electron chi connectivity index (χ2n) is 6.79. The lowest BCUT2D eigenvalue weighted by Gasteiger charge is -2.32. The Morgan fingerprint density at radius 3 is 2.35 bits per heavy atom. The molecule has 144 valence electrons. The predicted octanol–water partition coefficient (Wildman–Crippen LogP) is 0.658. The number of nitrogens with zero attached hydrogens (tertiary/aromatic N) is 3. The van der Waals surface area contributed by atoms with Crippen molar-refractivity contribution >= 4 is 15.9 Å². The van der Waals surface area contributed by atoms with E-state index in [0.29, 0.717) is 51.4 Å². The number of hydrogen-bond donors (Lipinski definition) is 0. The topological polar surface area (TPSA) is 70.2 Å². The molecule has 0 aromatic heterocycles. The highest BCUT2D eigenvalue weighted by atomic mass is 32.2. The molecule has 1 amide bonds. The summed E-state index contributed by atoms with van der Waals surface area (Å²) < 4.78 is 32.9. The van der Waals surface area contributed by atoms with E-state index in [1.165, 1.54) is 4.31 Å². The molecule has 2 aliphatic rings. The summed E-state index contributed by atoms with van der Waals surface area (Å²) in [6.07, 6.45) is 0.599. The van der Waals surface area contributed by atoms with Gasteiger partial charge in [-0.1, -0.05) is 13.0 Å². The zero-order chi connectivity index (χ0) is 18.7. The highest BCUT2D eigenvalue weighted by Crippen LogP contribution is 2.24. The van der Waals surface area contributed by atoms with Crippen LogP contribution in [-0.4, -0.2) is 88.0 Å². The number of likely N-dealkylation sites (N-methyl/N-ethyl adjacent to an activating group) is 1. The summed E-state index contributed by atoms with van der Waals surface area (Å²) >= 11 is 0. The Morgan fingerprint density at radius 1 is 1.08 bits per heavy atom. The van der Waals surface area contributed by atoms with Crippen molar-refractivity contribution in [3.05, 3.63) is 29.3 Å². The van der Waals surface area contributed by atoms with Crippen molar-refractivity contribution in [1.29, 1.82) is 0 Å². The van der Waals surface area contributed by atoms with E-state index in [1.54, 1.807) is 23.1 Å². The van der Waals surface area contributed by atoms with E-state index in [2.05, 4.69) is 4.90 Å². The lowest BCUT2D eigenvalue weighted by molar-refractivity contribution is 0.0663. The standard InChI is InChI=1S/C18H27N3O4S/c1-3-15-4-5-16(18(22)20-8-6-19(2)7-9-20)14-17(15)26(23,24)21-10-12-25-13-11-21/h4-5,14H,3,6-13H2,1-2H3. The highest BCUT2D eigenvalue weighted by molar-refractivity contribution is 7.89. The van der Waals surface area contributed by atoms with Gasteiger partial charge in [0.05, 0.1) is 18.1 Å². The number of carbonyl (C=O) groups excluding carboxylic acids is 1. The number of aryl methyl sites for hydroxylation is 1. The molecule has 7 nitrogen and oxygen atoms in total. The van der Waals surface area contributed by atoms with Crippen LogP contribution in [0.4, 0.5) is 0 Å². The average molecular weight is 381 g/mol. The van der Waals surface area contributed by atoms with E-state index >= 15 is 0 Å². The maximum Gasteiger partial charge on any atom is 0.253 e. The normalized spacial score (nSPS) is 20.3. The molecule has 0 aliphatic carbocycles. The van der Waals surface area contributed by atoms with Crippen molar-refractivity contribution in [2.24, 2.45) is 0 Å². The van der Waals surface area contributed by atoms with Crippen LogP contribution in [0, 0.1) is 0 Å². The maximum atomic E-state index is 13.1. The smallest absolute Gasteiger partial charge is 0.253 e. The van der Waals surface area contributed by atoms with Gasteiger partial charge in [0, 0.05) is 44.8 Å². The molecule has 0 spiro atoms. The fourth-order valence-corrected chi connectivity index (χ4v) is 5.07. The predicted molar refractivity (Wildman–Crippen MR) is 98.8 cm³/mol. The molecule has 2 aliphatic heterocycles. The van der Waals surface area contributed by atoms with Crippen molar-refractivity contribution in [2.45, 2.75) is 18.2 Å². The van der Waals surface area contributed by atoms with Crippen molar-refractivity contribution in [3.8, 4) is 0 Å². The zero-order valence-corrected chi connectivity index (χ0v) is 16.3. The van der Waals surface area contributed by atoms with E-state index in [4.69, 9.17) is 4.74 Å². The van der Waals surface area contributed by atoms with Crippen LogP contribution in [-0.2, 0) is 21.2 Å². The Kier molecular flexibility index (Phi) is 5.96. The third kappa shape index (κ3) is 3.93. The van der Waals surface area contributed by atoms with Gasteiger partial charge in [-0.25, -0.2) is 8.42 Å². The van der Waals surface area contributed by atoms with Crippen molar-refractivity contribution in [1.82, 2.24) is 14.1 Å². The number of morpholine rings is 1. The molecule has 0 atom stereocenters. The van der Waals surface area contributed by atoms with Crippen LogP contribution >= 0.6 is 0 Å². The van der Waals surface area contributed by atoms with Crippen LogP contribution < -0.4 is 0 Å². The molecule has 26 heavy (non-hydrogen) atoms. The van der Waals surface area contributed by atoms with Gasteiger partial charge in [0.15, 0.2) is 0 Å². The SMILES string of the molecule is CCc1ccc(C(=O)N2CCN(C)CC2)cc1S(=O)(=O)N1CCOCC1. The molecular weight excluding hydrogens is 354 g/mol. The minimum atomic E-state index is -3.63. The van der Waals surface area contributed by atoms with Crippen LogP contribution in [0.1, 0.15) is 22.8 Å². The molecule has 8 heteroatoms. The van der Waals surface area contributed by atoms with E-state index < -0.39 is 10.0 Å². The molecule has 0 radical (unpaired) electrons. The zero-order valence-electron chi connectivity index (χ0n) is 15.5. The molecule has 2 saturated heterocycles. The van der Waals surface area contributed by atoms with Gasteiger partial charge in [0.25, 0.3) is 5.91 Å². The van der Waals surface area contributed by atoms with Gasteiger partial charge in [-0.15, -0.1) is 0 Å². The van der Waals surface area contributed by atoms with Crippen LogP contribution in [0.15, 0.2) is 23.1 Å². The van der Waals surface area contributed by atoms with E-state index in [9.17, 15) is 13.2 Å². The van der Waals surface area contributed by atoms with Crippen molar-refractivity contribution < 1.29 is 17.9 Å². The average Bonchev–Trinajstić information content (AvgIpc) is 2.68. The van der Waals surface area contributed by atoms with Gasteiger partial charge in [0.1, 0.15) is 0 Å². The van der Waals surface area contributed by atoms with Crippen LogP contribution in [0.2, 0.25) is 0 Å². The van der Waals surface area contributed by atoms with Gasteiger partial charge in [-0.2, -0.15) is 4.31 Å². The number of rotatable bonds is 4. The second-order valence-corrected chi connectivity index (χ2v) is 8.69. The third-order valence-corrected chi connectivity index (χ3v) is 7.05. The summed E-state index contributed by atoms with van der Waals surface area (Å²) in [6.45, 7) is 6.42. The van der Waals surface area contributed by atoms with E-state index in [0.717, 1.165) is 18.7 Å². The first-order valence-corrected chi connectivity index (χ1v) is 10.6. The van der Waals surface area contributed by atoms with E-state index in [-0.39, 0.29) is 10.8 Å². The first kappa shape index (κ1) is 19.3. The van der Waals surface area contributed by atoms with E-state index in [1.807, 2.05) is 14.0 Å². The molecule has 1 aromatic rings. The Morgan fingerprint density at radius 2 is 1.73 bits per heavy atom. The highest BCUT2D eigenvalue weighted by Gasteiger charge is 2.30. The molecule has 1 aromatic carbocycles. The van der Waals surface area contributed by atoms with Gasteiger partial charge in [-0.05, 0) is 31.2 Å². The molecule has 3 rings (SSSR count). The number of sulfonamides is 1. The summed E-state index contributed by atoms with van der Waals surface area (Å²) in [4.78, 5) is 17.1. The summed E-state index contributed by atoms with van der Waals surface area (Å²) in [7, 11) is -1.59. The number of hydrogen-bond acceptors (Lipinski definition) is 5. The quantitative estimate of drug-likeness (QED) is 0.766. The van der Waals surface area contributed by atoms with Crippen LogP contribution in [0.5, 0.6) is 0 Å². The van der Waals surface area contributed by atoms with Crippen LogP contribution in [0.3, 0.4) is 0 Å². The summed E-state index contributed by atoms with van der Waals surface area (Å²) in [6, 6.07) is 5.08. The van der Waals surface area contributed by atoms with Gasteiger partial charge < -0.3 is 14.5 Å². The number of carbonyl (C=O) groups is 1. The molecule has 0 N–H and O–H groups in total. The number of benzene rings is 1. The molecule has 2 fully saturated rings. The second kappa shape index (κ2) is 8.04. The minimum absolute atomic E-state index is 0.0980. The minimum Gasteiger partial charge on any atom is -0.379 e. The fraction of sp³-hybridized carbons (Fsp3) is 0.611. The Hall–Kier alpha value is -1.48. The Balaban J connectivity index is 1.90. The first-order valence-electron chi connectivity index (χ1n) is 9.12. The molecule has 0 bridgehead atoms. The monoisotopic (exact) mass is 381 g/mol.